The van der Waals surface area contributed by atoms with Crippen LogP contribution >= 0.6 is 0 Å². The van der Waals surface area contributed by atoms with Gasteiger partial charge in [-0.3, -0.25) is 0 Å². The molecule has 0 spiro atoms. The van der Waals surface area contributed by atoms with E-state index in [9.17, 15) is 0 Å². The quantitative estimate of drug-likeness (QED) is 0.727. The van der Waals surface area contributed by atoms with Gasteiger partial charge in [0.15, 0.2) is 0 Å². The lowest BCUT2D eigenvalue weighted by atomic mass is 9.79. The third-order valence-corrected chi connectivity index (χ3v) is 5.90. The van der Waals surface area contributed by atoms with Gasteiger partial charge in [-0.05, 0) is 67.9 Å². The van der Waals surface area contributed by atoms with Crippen molar-refractivity contribution in [2.75, 3.05) is 6.54 Å². The summed E-state index contributed by atoms with van der Waals surface area (Å²) < 4.78 is 0. The fourth-order valence-electron chi connectivity index (χ4n) is 4.89. The van der Waals surface area contributed by atoms with E-state index in [1.807, 2.05) is 0 Å². The molecule has 1 aromatic rings. The molecule has 0 saturated heterocycles. The minimum Gasteiger partial charge on any atom is -0.310 e. The fraction of sp³-hybridized carbons (Fsp3) is 0.700. The number of rotatable bonds is 7. The molecule has 1 aromatic carbocycles. The summed E-state index contributed by atoms with van der Waals surface area (Å²) in [6, 6.07) is 11.6. The lowest BCUT2D eigenvalue weighted by Gasteiger charge is -2.31. The molecule has 3 rings (SSSR count). The average Bonchev–Trinajstić information content (AvgIpc) is 3.11. The summed E-state index contributed by atoms with van der Waals surface area (Å²) in [7, 11) is 0. The van der Waals surface area contributed by atoms with Crippen molar-refractivity contribution in [1.82, 2.24) is 5.32 Å². The monoisotopic (exact) mass is 285 g/mol. The standard InChI is InChI=1S/C20H31N/c1-3-11-21-20(17-7-5-4-6-8-17)15(2)12-19-14-16-9-10-18(19)13-16/h4-8,15-16,18-21H,3,9-14H2,1-2H3. The van der Waals surface area contributed by atoms with Crippen molar-refractivity contribution < 1.29 is 0 Å². The summed E-state index contributed by atoms with van der Waals surface area (Å²) in [6.45, 7) is 5.85. The van der Waals surface area contributed by atoms with Crippen LogP contribution in [-0.2, 0) is 0 Å². The van der Waals surface area contributed by atoms with E-state index in [-0.39, 0.29) is 0 Å². The van der Waals surface area contributed by atoms with Crippen LogP contribution < -0.4 is 5.32 Å². The van der Waals surface area contributed by atoms with E-state index in [1.165, 1.54) is 44.1 Å². The molecule has 0 aromatic heterocycles. The molecule has 1 heteroatoms. The maximum Gasteiger partial charge on any atom is 0.0346 e. The Labute approximate surface area is 130 Å². The summed E-state index contributed by atoms with van der Waals surface area (Å²) in [4.78, 5) is 0. The van der Waals surface area contributed by atoms with Crippen LogP contribution in [0, 0.1) is 23.7 Å². The van der Waals surface area contributed by atoms with Gasteiger partial charge < -0.3 is 5.32 Å². The van der Waals surface area contributed by atoms with E-state index in [1.54, 1.807) is 0 Å². The summed E-state index contributed by atoms with van der Waals surface area (Å²) in [5.74, 6) is 3.88. The van der Waals surface area contributed by atoms with Crippen LogP contribution in [0.2, 0.25) is 0 Å². The Morgan fingerprint density at radius 3 is 2.57 bits per heavy atom. The Morgan fingerprint density at radius 2 is 1.95 bits per heavy atom. The van der Waals surface area contributed by atoms with E-state index in [0.717, 1.165) is 30.2 Å². The van der Waals surface area contributed by atoms with Gasteiger partial charge in [0.25, 0.3) is 0 Å². The molecule has 2 aliphatic rings. The molecule has 0 amide bonds. The molecule has 2 bridgehead atoms. The topological polar surface area (TPSA) is 12.0 Å². The number of nitrogens with one attached hydrogen (secondary N) is 1. The summed E-state index contributed by atoms with van der Waals surface area (Å²) in [5, 5.41) is 3.80. The van der Waals surface area contributed by atoms with Crippen molar-refractivity contribution in [2.24, 2.45) is 23.7 Å². The van der Waals surface area contributed by atoms with Crippen LogP contribution in [0.1, 0.15) is 64.0 Å². The SMILES string of the molecule is CCCNC(c1ccccc1)C(C)CC1CC2CCC1C2. The predicted molar refractivity (Wildman–Crippen MR) is 90.2 cm³/mol. The lowest BCUT2D eigenvalue weighted by molar-refractivity contribution is 0.242. The molecule has 1 nitrogen and oxygen atoms in total. The zero-order valence-corrected chi connectivity index (χ0v) is 13.7. The third-order valence-electron chi connectivity index (χ3n) is 5.90. The highest BCUT2D eigenvalue weighted by molar-refractivity contribution is 5.19. The van der Waals surface area contributed by atoms with Crippen LogP contribution in [-0.4, -0.2) is 6.54 Å². The van der Waals surface area contributed by atoms with Crippen LogP contribution in [0.3, 0.4) is 0 Å². The van der Waals surface area contributed by atoms with Crippen molar-refractivity contribution in [3.05, 3.63) is 35.9 Å². The molecule has 0 radical (unpaired) electrons. The van der Waals surface area contributed by atoms with Crippen LogP contribution in [0.5, 0.6) is 0 Å². The Balaban J connectivity index is 1.64. The maximum atomic E-state index is 3.80. The number of benzene rings is 1. The molecular formula is C20H31N. The number of hydrogen-bond donors (Lipinski definition) is 1. The Bertz CT molecular complexity index is 427. The smallest absolute Gasteiger partial charge is 0.0346 e. The van der Waals surface area contributed by atoms with Gasteiger partial charge in [-0.1, -0.05) is 50.6 Å². The van der Waals surface area contributed by atoms with E-state index >= 15 is 0 Å². The van der Waals surface area contributed by atoms with Crippen LogP contribution in [0.15, 0.2) is 30.3 Å². The third kappa shape index (κ3) is 3.51. The number of fused-ring (bicyclic) bond motifs is 2. The normalized spacial score (nSPS) is 30.5. The summed E-state index contributed by atoms with van der Waals surface area (Å²) in [5.41, 5.74) is 1.47. The molecular weight excluding hydrogens is 254 g/mol. The predicted octanol–water partition coefficient (Wildman–Crippen LogP) is 5.19. The van der Waals surface area contributed by atoms with Gasteiger partial charge in [-0.15, -0.1) is 0 Å². The zero-order valence-electron chi connectivity index (χ0n) is 13.7. The molecule has 2 fully saturated rings. The van der Waals surface area contributed by atoms with Crippen LogP contribution in [0.25, 0.3) is 0 Å². The first-order chi connectivity index (χ1) is 10.3. The first-order valence-corrected chi connectivity index (χ1v) is 9.06. The van der Waals surface area contributed by atoms with E-state index < -0.39 is 0 Å². The molecule has 2 saturated carbocycles. The highest BCUT2D eigenvalue weighted by atomic mass is 14.9. The second kappa shape index (κ2) is 6.96. The molecule has 5 atom stereocenters. The van der Waals surface area contributed by atoms with E-state index in [0.29, 0.717) is 6.04 Å². The van der Waals surface area contributed by atoms with E-state index in [2.05, 4.69) is 49.5 Å². The highest BCUT2D eigenvalue weighted by Gasteiger charge is 2.40. The van der Waals surface area contributed by atoms with E-state index in [4.69, 9.17) is 0 Å². The molecule has 5 unspecified atom stereocenters. The van der Waals surface area contributed by atoms with Gasteiger partial charge in [0.2, 0.25) is 0 Å². The van der Waals surface area contributed by atoms with Crippen molar-refractivity contribution in [3.63, 3.8) is 0 Å². The average molecular weight is 285 g/mol. The number of hydrogen-bond acceptors (Lipinski definition) is 1. The molecule has 21 heavy (non-hydrogen) atoms. The van der Waals surface area contributed by atoms with Gasteiger partial charge in [0, 0.05) is 6.04 Å². The minimum atomic E-state index is 0.533. The first-order valence-electron chi connectivity index (χ1n) is 9.06. The zero-order chi connectivity index (χ0) is 14.7. The molecule has 116 valence electrons. The molecule has 0 aliphatic heterocycles. The fourth-order valence-corrected chi connectivity index (χ4v) is 4.89. The first kappa shape index (κ1) is 15.1. The molecule has 0 heterocycles. The minimum absolute atomic E-state index is 0.533. The van der Waals surface area contributed by atoms with Crippen molar-refractivity contribution in [3.8, 4) is 0 Å². The van der Waals surface area contributed by atoms with Crippen LogP contribution in [0.4, 0.5) is 0 Å². The second-order valence-corrected chi connectivity index (χ2v) is 7.49. The second-order valence-electron chi connectivity index (χ2n) is 7.49. The maximum absolute atomic E-state index is 3.80. The summed E-state index contributed by atoms with van der Waals surface area (Å²) in [6.07, 6.45) is 8.72. The Hall–Kier alpha value is -0.820. The lowest BCUT2D eigenvalue weighted by Crippen LogP contribution is -2.29. The van der Waals surface area contributed by atoms with Crippen molar-refractivity contribution >= 4 is 0 Å². The highest BCUT2D eigenvalue weighted by Crippen LogP contribution is 2.51. The van der Waals surface area contributed by atoms with Gasteiger partial charge in [-0.25, -0.2) is 0 Å². The largest absolute Gasteiger partial charge is 0.310 e. The Morgan fingerprint density at radius 1 is 1.14 bits per heavy atom. The summed E-state index contributed by atoms with van der Waals surface area (Å²) >= 11 is 0. The van der Waals surface area contributed by atoms with Gasteiger partial charge >= 0.3 is 0 Å². The van der Waals surface area contributed by atoms with Crippen molar-refractivity contribution in [1.29, 1.82) is 0 Å². The Kier molecular flexibility index (Phi) is 5.00. The van der Waals surface area contributed by atoms with Crippen molar-refractivity contribution in [2.45, 2.75) is 58.4 Å². The van der Waals surface area contributed by atoms with Gasteiger partial charge in [0.1, 0.15) is 0 Å². The molecule has 2 aliphatic carbocycles. The molecule has 1 N–H and O–H groups in total. The van der Waals surface area contributed by atoms with Gasteiger partial charge in [0.05, 0.1) is 0 Å². The van der Waals surface area contributed by atoms with Gasteiger partial charge in [-0.2, -0.15) is 0 Å².